The molecule has 0 amide bonds. The van der Waals surface area contributed by atoms with E-state index in [1.807, 2.05) is 61.3 Å². The van der Waals surface area contributed by atoms with Crippen LogP contribution in [0.25, 0.3) is 11.0 Å². The highest BCUT2D eigenvalue weighted by Crippen LogP contribution is 2.42. The van der Waals surface area contributed by atoms with Crippen LogP contribution in [0.2, 0.25) is 0 Å². The van der Waals surface area contributed by atoms with E-state index < -0.39 is 11.6 Å². The van der Waals surface area contributed by atoms with Crippen LogP contribution in [0.4, 0.5) is 23.1 Å². The molecule has 0 radical (unpaired) electrons. The van der Waals surface area contributed by atoms with Crippen molar-refractivity contribution in [3.05, 3.63) is 59.8 Å². The SMILES string of the molecule is C#CCn1nnc2ccc(Nc3ncc(N(C)CCCCC(=O)O)c(N[C@H]4c5ccccc5C[C@@]4(C)O)n3)cc21. The first-order chi connectivity index (χ1) is 19.2. The van der Waals surface area contributed by atoms with Crippen LogP contribution >= 0.6 is 0 Å². The lowest BCUT2D eigenvalue weighted by Gasteiger charge is -2.30. The number of aliphatic hydroxyl groups is 1. The van der Waals surface area contributed by atoms with Gasteiger partial charge in [-0.1, -0.05) is 35.4 Å². The van der Waals surface area contributed by atoms with Gasteiger partial charge in [0.2, 0.25) is 5.95 Å². The molecule has 0 saturated carbocycles. The molecule has 11 nitrogen and oxygen atoms in total. The largest absolute Gasteiger partial charge is 0.481 e. The summed E-state index contributed by atoms with van der Waals surface area (Å²) >= 11 is 0. The minimum Gasteiger partial charge on any atom is -0.481 e. The van der Waals surface area contributed by atoms with Crippen LogP contribution in [0, 0.1) is 12.3 Å². The summed E-state index contributed by atoms with van der Waals surface area (Å²) in [6.07, 6.45) is 9.12. The fraction of sp³-hybridized carbons (Fsp3) is 0.345. The predicted octanol–water partition coefficient (Wildman–Crippen LogP) is 3.75. The van der Waals surface area contributed by atoms with E-state index in [1.165, 1.54) is 0 Å². The summed E-state index contributed by atoms with van der Waals surface area (Å²) in [6.45, 7) is 2.75. The number of carboxylic acid groups (broad SMARTS) is 1. The van der Waals surface area contributed by atoms with Crippen LogP contribution < -0.4 is 15.5 Å². The number of carbonyl (C=O) groups is 1. The van der Waals surface area contributed by atoms with Crippen molar-refractivity contribution in [3.63, 3.8) is 0 Å². The molecule has 0 saturated heterocycles. The van der Waals surface area contributed by atoms with Crippen molar-refractivity contribution in [1.29, 1.82) is 0 Å². The van der Waals surface area contributed by atoms with Gasteiger partial charge in [-0.25, -0.2) is 9.67 Å². The summed E-state index contributed by atoms with van der Waals surface area (Å²) in [5, 5.41) is 35.3. The van der Waals surface area contributed by atoms with Crippen LogP contribution in [-0.4, -0.2) is 60.3 Å². The zero-order chi connectivity index (χ0) is 28.3. The predicted molar refractivity (Wildman–Crippen MR) is 154 cm³/mol. The number of anilines is 4. The van der Waals surface area contributed by atoms with Gasteiger partial charge in [0, 0.05) is 32.1 Å². The third-order valence-electron chi connectivity index (χ3n) is 7.14. The van der Waals surface area contributed by atoms with E-state index in [2.05, 4.69) is 31.9 Å². The lowest BCUT2D eigenvalue weighted by atomic mass is 9.97. The number of hydrogen-bond acceptors (Lipinski definition) is 9. The van der Waals surface area contributed by atoms with Crippen LogP contribution in [0.5, 0.6) is 0 Å². The lowest BCUT2D eigenvalue weighted by Crippen LogP contribution is -2.35. The van der Waals surface area contributed by atoms with Gasteiger partial charge in [0.1, 0.15) is 12.1 Å². The Balaban J connectivity index is 1.45. The Labute approximate surface area is 232 Å². The Morgan fingerprint density at radius 1 is 1.27 bits per heavy atom. The summed E-state index contributed by atoms with van der Waals surface area (Å²) in [4.78, 5) is 22.3. The first-order valence-corrected chi connectivity index (χ1v) is 13.2. The van der Waals surface area contributed by atoms with E-state index in [1.54, 1.807) is 10.9 Å². The molecular weight excluding hydrogens is 508 g/mol. The fourth-order valence-corrected chi connectivity index (χ4v) is 5.11. The van der Waals surface area contributed by atoms with E-state index in [4.69, 9.17) is 16.5 Å². The number of hydrogen-bond donors (Lipinski definition) is 4. The van der Waals surface area contributed by atoms with Gasteiger partial charge in [-0.05, 0) is 49.1 Å². The maximum atomic E-state index is 11.3. The molecule has 2 aromatic carbocycles. The summed E-state index contributed by atoms with van der Waals surface area (Å²) in [5.41, 5.74) is 4.10. The Morgan fingerprint density at radius 2 is 2.10 bits per heavy atom. The Bertz CT molecular complexity index is 1580. The molecule has 11 heteroatoms. The van der Waals surface area contributed by atoms with Crippen molar-refractivity contribution in [2.24, 2.45) is 0 Å². The van der Waals surface area contributed by atoms with Gasteiger partial charge >= 0.3 is 5.97 Å². The van der Waals surface area contributed by atoms with E-state index in [-0.39, 0.29) is 12.5 Å². The molecule has 40 heavy (non-hydrogen) atoms. The molecule has 2 atom stereocenters. The van der Waals surface area contributed by atoms with Gasteiger partial charge < -0.3 is 25.7 Å². The van der Waals surface area contributed by atoms with Gasteiger partial charge in [-0.3, -0.25) is 4.79 Å². The molecule has 1 aliphatic carbocycles. The maximum Gasteiger partial charge on any atom is 0.303 e. The van der Waals surface area contributed by atoms with E-state index in [9.17, 15) is 9.90 Å². The maximum absolute atomic E-state index is 11.3. The molecule has 1 aliphatic rings. The van der Waals surface area contributed by atoms with E-state index in [0.717, 1.165) is 33.5 Å². The van der Waals surface area contributed by atoms with Crippen LogP contribution in [0.1, 0.15) is 43.4 Å². The number of rotatable bonds is 11. The van der Waals surface area contributed by atoms with Crippen molar-refractivity contribution < 1.29 is 15.0 Å². The van der Waals surface area contributed by atoms with Crippen molar-refractivity contribution in [2.75, 3.05) is 29.1 Å². The molecular formula is C29H32N8O3. The third kappa shape index (κ3) is 5.67. The Morgan fingerprint density at radius 3 is 2.90 bits per heavy atom. The van der Waals surface area contributed by atoms with Crippen molar-refractivity contribution >= 4 is 40.1 Å². The summed E-state index contributed by atoms with van der Waals surface area (Å²) in [7, 11) is 1.92. The molecule has 0 bridgehead atoms. The highest BCUT2D eigenvalue weighted by atomic mass is 16.4. The van der Waals surface area contributed by atoms with Gasteiger partial charge in [0.05, 0.1) is 29.0 Å². The average molecular weight is 541 g/mol. The molecule has 0 aliphatic heterocycles. The second-order valence-electron chi connectivity index (χ2n) is 10.3. The molecule has 0 unspecified atom stereocenters. The first-order valence-electron chi connectivity index (χ1n) is 13.2. The van der Waals surface area contributed by atoms with E-state index in [0.29, 0.717) is 44.1 Å². The molecule has 5 rings (SSSR count). The van der Waals surface area contributed by atoms with Crippen LogP contribution in [0.15, 0.2) is 48.7 Å². The quantitative estimate of drug-likeness (QED) is 0.164. The summed E-state index contributed by atoms with van der Waals surface area (Å²) < 4.78 is 1.65. The number of aliphatic carboxylic acids is 1. The first kappa shape index (κ1) is 26.9. The summed E-state index contributed by atoms with van der Waals surface area (Å²) in [6, 6.07) is 13.2. The highest BCUT2D eigenvalue weighted by molar-refractivity contribution is 5.80. The number of aromatic nitrogens is 5. The van der Waals surface area contributed by atoms with Crippen molar-refractivity contribution in [3.8, 4) is 12.3 Å². The van der Waals surface area contributed by atoms with Crippen LogP contribution in [-0.2, 0) is 17.8 Å². The second kappa shape index (κ2) is 11.2. The zero-order valence-corrected chi connectivity index (χ0v) is 22.5. The van der Waals surface area contributed by atoms with Gasteiger partial charge in [-0.2, -0.15) is 4.98 Å². The molecule has 2 aromatic heterocycles. The highest BCUT2D eigenvalue weighted by Gasteiger charge is 2.41. The van der Waals surface area contributed by atoms with Crippen molar-refractivity contribution in [2.45, 2.75) is 50.8 Å². The number of nitrogens with one attached hydrogen (secondary N) is 2. The number of terminal acetylenes is 1. The topological polar surface area (TPSA) is 141 Å². The summed E-state index contributed by atoms with van der Waals surface area (Å²) in [5.74, 6) is 2.70. The second-order valence-corrected chi connectivity index (χ2v) is 10.3. The fourth-order valence-electron chi connectivity index (χ4n) is 5.11. The number of nitrogens with zero attached hydrogens (tertiary/aromatic N) is 6. The Kier molecular flexibility index (Phi) is 7.53. The molecule has 4 aromatic rings. The number of carboxylic acids is 1. The van der Waals surface area contributed by atoms with E-state index >= 15 is 0 Å². The molecule has 206 valence electrons. The standard InChI is InChI=1S/C29H32N8O3/c1-4-14-37-23-16-20(12-13-22(23)34-35-37)31-28-30-18-24(36(3)15-8-7-11-25(38)39)27(33-28)32-26-21-10-6-5-9-19(21)17-29(26,2)40/h1,5-6,9-10,12-13,16,18,26,40H,7-8,11,14-15,17H2,2-3H3,(H,38,39)(H2,30,31,32,33)/t26-,29+/m0/s1. The van der Waals surface area contributed by atoms with Gasteiger partial charge in [0.25, 0.3) is 0 Å². The van der Waals surface area contributed by atoms with Crippen LogP contribution in [0.3, 0.4) is 0 Å². The third-order valence-corrected chi connectivity index (χ3v) is 7.14. The molecule has 0 fully saturated rings. The lowest BCUT2D eigenvalue weighted by molar-refractivity contribution is -0.137. The number of benzene rings is 2. The molecule has 4 N–H and O–H groups in total. The monoisotopic (exact) mass is 540 g/mol. The minimum absolute atomic E-state index is 0.125. The number of unbranched alkanes of at least 4 members (excludes halogenated alkanes) is 1. The molecule has 2 heterocycles. The average Bonchev–Trinajstić information content (AvgIpc) is 3.43. The number of fused-ring (bicyclic) bond motifs is 2. The van der Waals surface area contributed by atoms with Gasteiger partial charge in [-0.15, -0.1) is 11.5 Å². The van der Waals surface area contributed by atoms with Crippen molar-refractivity contribution in [1.82, 2.24) is 25.0 Å². The minimum atomic E-state index is -1.02. The smallest absolute Gasteiger partial charge is 0.303 e. The normalized spacial score (nSPS) is 17.8. The Hall–Kier alpha value is -4.69. The van der Waals surface area contributed by atoms with Gasteiger partial charge in [0.15, 0.2) is 5.82 Å². The zero-order valence-electron chi connectivity index (χ0n) is 22.5. The molecule has 0 spiro atoms.